The van der Waals surface area contributed by atoms with Crippen molar-refractivity contribution in [3.63, 3.8) is 0 Å². The fourth-order valence-corrected chi connectivity index (χ4v) is 10.6. The van der Waals surface area contributed by atoms with Crippen molar-refractivity contribution in [2.24, 2.45) is 0 Å². The Hall–Kier alpha value is -3.35. The molecule has 2 fully saturated rings. The molecule has 0 bridgehead atoms. The SMILES string of the molecule is C[C@H]([C]1[CH][CH][CH][C]1P(c1ccccc1)c1ccccc1)N(C)p1oc2ccc3ccccc3c2c2c(ccc3ccccc32)o1.[CH]1[CH][CH][CH][CH]1.[Fe+2]. The van der Waals surface area contributed by atoms with E-state index in [2.05, 4.69) is 171 Å². The van der Waals surface area contributed by atoms with E-state index in [-0.39, 0.29) is 23.1 Å². The van der Waals surface area contributed by atoms with Gasteiger partial charge in [0.1, 0.15) is 11.2 Å². The monoisotopic (exact) mass is 741 g/mol. The van der Waals surface area contributed by atoms with E-state index in [9.17, 15) is 0 Å². The molecule has 2 aliphatic rings. The van der Waals surface area contributed by atoms with Crippen LogP contribution in [0.4, 0.5) is 0 Å². The van der Waals surface area contributed by atoms with Gasteiger partial charge in [-0.05, 0) is 110 Å². The van der Waals surface area contributed by atoms with Crippen LogP contribution in [0.15, 0.2) is 142 Å². The van der Waals surface area contributed by atoms with Gasteiger partial charge >= 0.3 is 25.2 Å². The van der Waals surface area contributed by atoms with Gasteiger partial charge in [-0.25, -0.2) is 4.67 Å². The van der Waals surface area contributed by atoms with Crippen molar-refractivity contribution in [1.29, 1.82) is 0 Å². The molecule has 0 spiro atoms. The van der Waals surface area contributed by atoms with Crippen molar-refractivity contribution in [2.75, 3.05) is 11.7 Å². The molecule has 7 aromatic rings. The summed E-state index contributed by atoms with van der Waals surface area (Å²) in [6.07, 6.45) is 16.8. The van der Waals surface area contributed by atoms with Crippen LogP contribution in [-0.4, -0.2) is 13.1 Å². The maximum atomic E-state index is 6.92. The average molecular weight is 742 g/mol. The van der Waals surface area contributed by atoms with Gasteiger partial charge in [0.05, 0.1) is 0 Å². The van der Waals surface area contributed by atoms with Crippen molar-refractivity contribution in [3.8, 4) is 0 Å². The predicted molar refractivity (Wildman–Crippen MR) is 215 cm³/mol. The normalized spacial score (nSPS) is 15.8. The van der Waals surface area contributed by atoms with E-state index >= 15 is 0 Å². The van der Waals surface area contributed by atoms with Crippen LogP contribution in [0.5, 0.6) is 0 Å². The zero-order valence-electron chi connectivity index (χ0n) is 28.4. The van der Waals surface area contributed by atoms with Gasteiger partial charge in [0.25, 0.3) is 0 Å². The summed E-state index contributed by atoms with van der Waals surface area (Å²) in [6.45, 7) is 2.27. The minimum Gasteiger partial charge on any atom is -0.408 e. The van der Waals surface area contributed by atoms with Gasteiger partial charge in [0, 0.05) is 35.4 Å². The summed E-state index contributed by atoms with van der Waals surface area (Å²) in [6, 6.07) is 47.5. The van der Waals surface area contributed by atoms with Gasteiger partial charge in [-0.15, -0.1) is 0 Å². The molecule has 3 nitrogen and oxygen atoms in total. The molecule has 2 aliphatic carbocycles. The fraction of sp³-hybridized carbons (Fsp3) is 0.0667. The molecule has 2 saturated carbocycles. The summed E-state index contributed by atoms with van der Waals surface area (Å²) in [5, 5.41) is 9.57. The Labute approximate surface area is 315 Å². The number of rotatable bonds is 6. The average Bonchev–Trinajstić information content (AvgIpc) is 3.89. The van der Waals surface area contributed by atoms with Crippen molar-refractivity contribution in [2.45, 2.75) is 13.0 Å². The Bertz CT molecular complexity index is 2110. The number of hydrogen-bond donors (Lipinski definition) is 0. The first-order chi connectivity index (χ1) is 24.7. The molecule has 10 radical (unpaired) electrons. The van der Waals surface area contributed by atoms with Crippen LogP contribution < -0.4 is 15.3 Å². The Morgan fingerprint density at radius 1 is 0.529 bits per heavy atom. The number of benzene rings is 6. The minimum atomic E-state index is -1.49. The third-order valence-electron chi connectivity index (χ3n) is 9.30. The Kier molecular flexibility index (Phi) is 11.7. The first-order valence-electron chi connectivity index (χ1n) is 16.9. The molecular weight excluding hydrogens is 704 g/mol. The molecule has 6 heteroatoms. The Morgan fingerprint density at radius 3 is 1.47 bits per heavy atom. The van der Waals surface area contributed by atoms with Gasteiger partial charge in [0.2, 0.25) is 0 Å². The molecule has 1 atom stereocenters. The fourth-order valence-electron chi connectivity index (χ4n) is 6.71. The molecule has 1 aromatic heterocycles. The van der Waals surface area contributed by atoms with Gasteiger partial charge in [-0.2, -0.15) is 0 Å². The van der Waals surface area contributed by atoms with Gasteiger partial charge < -0.3 is 8.39 Å². The van der Waals surface area contributed by atoms with Crippen LogP contribution in [-0.2, 0) is 17.1 Å². The predicted octanol–water partition coefficient (Wildman–Crippen LogP) is 11.4. The maximum absolute atomic E-state index is 6.92. The summed E-state index contributed by atoms with van der Waals surface area (Å²) in [5.74, 6) is 1.30. The third kappa shape index (κ3) is 7.46. The van der Waals surface area contributed by atoms with E-state index in [1.807, 2.05) is 32.1 Å². The quantitative estimate of drug-likeness (QED) is 0.126. The topological polar surface area (TPSA) is 29.5 Å². The van der Waals surface area contributed by atoms with Crippen LogP contribution >= 0.6 is 16.1 Å². The zero-order valence-corrected chi connectivity index (χ0v) is 31.3. The van der Waals surface area contributed by atoms with E-state index in [1.165, 1.54) is 43.7 Å². The van der Waals surface area contributed by atoms with E-state index in [0.717, 1.165) is 21.9 Å². The largest absolute Gasteiger partial charge is 2.00 e. The molecule has 0 aliphatic heterocycles. The standard InChI is InChI=1S/C40H32NO2P2.C5H5.Fe/c1-28(33-22-13-23-38(33)44(31-16-5-3-6-17-31)32-18-7-4-8-19-32)41(2)45-42-36-26-24-29-14-9-11-20-34(29)39(36)40-35-21-12-10-15-30(35)25-27-37(40)43-45;1-2-4-5-3-1;/h3-28H,1-2H3;1-5H;/q;;+2/t28-;;/m1../s1. The van der Waals surface area contributed by atoms with Crippen LogP contribution in [0.2, 0.25) is 0 Å². The van der Waals surface area contributed by atoms with Crippen molar-refractivity contribution < 1.29 is 25.5 Å². The van der Waals surface area contributed by atoms with Gasteiger partial charge in [0.15, 0.2) is 0 Å². The summed E-state index contributed by atoms with van der Waals surface area (Å²) in [7, 11) is -0.0902. The van der Waals surface area contributed by atoms with Crippen LogP contribution in [0.25, 0.3) is 43.5 Å². The van der Waals surface area contributed by atoms with Crippen LogP contribution in [0.3, 0.4) is 0 Å². The minimum absolute atomic E-state index is 0. The zero-order chi connectivity index (χ0) is 33.9. The smallest absolute Gasteiger partial charge is 0.408 e. The molecule has 0 saturated heterocycles. The second kappa shape index (κ2) is 16.5. The Balaban J connectivity index is 0.000000625. The summed E-state index contributed by atoms with van der Waals surface area (Å²) in [4.78, 5) is 0. The molecule has 9 rings (SSSR count). The number of hydrogen-bond acceptors (Lipinski definition) is 3. The molecule has 51 heavy (non-hydrogen) atoms. The van der Waals surface area contributed by atoms with Crippen molar-refractivity contribution >= 4 is 70.2 Å². The summed E-state index contributed by atoms with van der Waals surface area (Å²) in [5.41, 5.74) is 3.07. The summed E-state index contributed by atoms with van der Waals surface area (Å²) >= 11 is 0. The molecule has 0 N–H and O–H groups in total. The number of fused-ring (bicyclic) bond motifs is 7. The molecule has 0 unspecified atom stereocenters. The summed E-state index contributed by atoms with van der Waals surface area (Å²) < 4.78 is 16.1. The molecule has 0 amide bonds. The van der Waals surface area contributed by atoms with E-state index in [0.29, 0.717) is 0 Å². The van der Waals surface area contributed by atoms with E-state index in [1.54, 1.807) is 0 Å². The molecular formula is C45H37FeNO2P2+2. The maximum Gasteiger partial charge on any atom is 2.00 e. The molecule has 250 valence electrons. The molecule has 6 aromatic carbocycles. The van der Waals surface area contributed by atoms with Crippen molar-refractivity contribution in [1.82, 2.24) is 0 Å². The second-order valence-corrected chi connectivity index (χ2v) is 16.0. The van der Waals surface area contributed by atoms with Crippen LogP contribution in [0.1, 0.15) is 6.92 Å². The number of nitrogens with zero attached hydrogens (tertiary/aromatic N) is 1. The first kappa shape index (κ1) is 36.0. The van der Waals surface area contributed by atoms with Crippen LogP contribution in [0, 0.1) is 62.9 Å². The Morgan fingerprint density at radius 2 is 0.980 bits per heavy atom. The van der Waals surface area contributed by atoms with Gasteiger partial charge in [-0.1, -0.05) is 121 Å². The van der Waals surface area contributed by atoms with Gasteiger partial charge in [-0.3, -0.25) is 0 Å². The molecule has 1 heterocycles. The van der Waals surface area contributed by atoms with E-state index in [4.69, 9.17) is 8.39 Å². The first-order valence-corrected chi connectivity index (χ1v) is 19.4. The second-order valence-electron chi connectivity index (χ2n) is 12.3. The third-order valence-corrected chi connectivity index (χ3v) is 13.4. The van der Waals surface area contributed by atoms with Crippen molar-refractivity contribution in [3.05, 3.63) is 196 Å². The van der Waals surface area contributed by atoms with E-state index < -0.39 is 16.1 Å².